The fraction of sp³-hybridized carbons (Fsp3) is 0.417. The maximum absolute atomic E-state index is 11.9. The number of carbonyl (C=O) groups is 1. The number of aliphatic imine (C=N–C) groups is 1. The molecule has 0 saturated carbocycles. The molecule has 1 saturated heterocycles. The summed E-state index contributed by atoms with van der Waals surface area (Å²) in [5.41, 5.74) is 3.52. The lowest BCUT2D eigenvalue weighted by molar-refractivity contribution is -0.129. The molecular weight excluding hydrogens is 503 g/mol. The van der Waals surface area contributed by atoms with Crippen LogP contribution in [0.15, 0.2) is 59.6 Å². The summed E-state index contributed by atoms with van der Waals surface area (Å²) >= 11 is 0. The van der Waals surface area contributed by atoms with E-state index in [1.165, 1.54) is 11.1 Å². The predicted octanol–water partition coefficient (Wildman–Crippen LogP) is 3.70. The van der Waals surface area contributed by atoms with Gasteiger partial charge in [0.05, 0.1) is 13.2 Å². The van der Waals surface area contributed by atoms with Crippen molar-refractivity contribution in [3.63, 3.8) is 0 Å². The summed E-state index contributed by atoms with van der Waals surface area (Å²) in [6.07, 6.45) is 1.50. The van der Waals surface area contributed by atoms with Crippen LogP contribution in [0.5, 0.6) is 0 Å². The van der Waals surface area contributed by atoms with Crippen LogP contribution in [0.2, 0.25) is 0 Å². The average molecular weight is 536 g/mol. The van der Waals surface area contributed by atoms with Gasteiger partial charge in [0.1, 0.15) is 0 Å². The molecule has 6 nitrogen and oxygen atoms in total. The first-order valence-electron chi connectivity index (χ1n) is 10.6. The Labute approximate surface area is 202 Å². The molecule has 7 heteroatoms. The number of likely N-dealkylation sites (tertiary alicyclic amines) is 1. The molecule has 2 aromatic rings. The number of benzene rings is 2. The van der Waals surface area contributed by atoms with Crippen LogP contribution in [0.1, 0.15) is 36.5 Å². The van der Waals surface area contributed by atoms with Gasteiger partial charge in [-0.1, -0.05) is 61.5 Å². The van der Waals surface area contributed by atoms with Crippen LogP contribution < -0.4 is 10.6 Å². The molecule has 0 aliphatic carbocycles. The van der Waals surface area contributed by atoms with Crippen LogP contribution in [0.3, 0.4) is 0 Å². The van der Waals surface area contributed by atoms with E-state index in [2.05, 4.69) is 39.9 Å². The Morgan fingerprint density at radius 2 is 1.81 bits per heavy atom. The summed E-state index contributed by atoms with van der Waals surface area (Å²) in [4.78, 5) is 18.1. The monoisotopic (exact) mass is 536 g/mol. The molecule has 1 atom stereocenters. The molecule has 1 amide bonds. The average Bonchev–Trinajstić information content (AvgIpc) is 3.26. The number of amides is 1. The quantitative estimate of drug-likeness (QED) is 0.307. The van der Waals surface area contributed by atoms with Crippen LogP contribution in [0.25, 0.3) is 0 Å². The Hall–Kier alpha value is -2.13. The van der Waals surface area contributed by atoms with Crippen LogP contribution in [0.4, 0.5) is 0 Å². The molecule has 1 unspecified atom stereocenters. The third-order valence-corrected chi connectivity index (χ3v) is 5.34. The molecule has 0 radical (unpaired) electrons. The molecule has 0 bridgehead atoms. The highest BCUT2D eigenvalue weighted by atomic mass is 127. The Morgan fingerprint density at radius 3 is 2.52 bits per heavy atom. The summed E-state index contributed by atoms with van der Waals surface area (Å²) in [5, 5.41) is 6.84. The minimum atomic E-state index is 0. The standard InChI is InChI=1S/C24H32N4O2.HI/c1-3-23(29)28-14-13-22(16-28)27-24(25-2)26-15-20-11-7-8-12-21(20)18-30-17-19-9-5-4-6-10-19;/h4-12,22H,3,13-18H2,1-2H3,(H2,25,26,27);1H. The van der Waals surface area contributed by atoms with Crippen molar-refractivity contribution in [2.75, 3.05) is 20.1 Å². The normalized spacial score (nSPS) is 16.0. The number of hydrogen-bond donors (Lipinski definition) is 2. The van der Waals surface area contributed by atoms with E-state index in [1.807, 2.05) is 42.2 Å². The summed E-state index contributed by atoms with van der Waals surface area (Å²) < 4.78 is 5.92. The van der Waals surface area contributed by atoms with Gasteiger partial charge in [0.25, 0.3) is 0 Å². The van der Waals surface area contributed by atoms with Gasteiger partial charge in [-0.05, 0) is 23.1 Å². The molecule has 3 rings (SSSR count). The summed E-state index contributed by atoms with van der Waals surface area (Å²) in [6, 6.07) is 18.7. The summed E-state index contributed by atoms with van der Waals surface area (Å²) in [7, 11) is 1.77. The predicted molar refractivity (Wildman–Crippen MR) is 135 cm³/mol. The number of halogens is 1. The molecular formula is C24H33IN4O2. The zero-order valence-electron chi connectivity index (χ0n) is 18.3. The number of hydrogen-bond acceptors (Lipinski definition) is 3. The second-order valence-corrected chi connectivity index (χ2v) is 7.50. The topological polar surface area (TPSA) is 66.0 Å². The maximum Gasteiger partial charge on any atom is 0.222 e. The second kappa shape index (κ2) is 13.3. The van der Waals surface area contributed by atoms with Gasteiger partial charge in [-0.3, -0.25) is 9.79 Å². The molecule has 0 spiro atoms. The van der Waals surface area contributed by atoms with E-state index in [4.69, 9.17) is 4.74 Å². The molecule has 1 fully saturated rings. The fourth-order valence-electron chi connectivity index (χ4n) is 3.62. The summed E-state index contributed by atoms with van der Waals surface area (Å²) in [6.45, 7) is 5.27. The molecule has 2 N–H and O–H groups in total. The number of ether oxygens (including phenoxy) is 1. The highest BCUT2D eigenvalue weighted by Gasteiger charge is 2.25. The molecule has 1 aliphatic rings. The lowest BCUT2D eigenvalue weighted by Crippen LogP contribution is -2.44. The molecule has 1 heterocycles. The van der Waals surface area contributed by atoms with Gasteiger partial charge in [-0.25, -0.2) is 0 Å². The van der Waals surface area contributed by atoms with E-state index >= 15 is 0 Å². The van der Waals surface area contributed by atoms with E-state index < -0.39 is 0 Å². The van der Waals surface area contributed by atoms with Crippen molar-refractivity contribution in [2.24, 2.45) is 4.99 Å². The third-order valence-electron chi connectivity index (χ3n) is 5.34. The Balaban J connectivity index is 0.00000341. The maximum atomic E-state index is 11.9. The third kappa shape index (κ3) is 7.81. The highest BCUT2D eigenvalue weighted by Crippen LogP contribution is 2.13. The Kier molecular flexibility index (Phi) is 10.8. The van der Waals surface area contributed by atoms with Crippen molar-refractivity contribution in [2.45, 2.75) is 45.6 Å². The number of nitrogens with one attached hydrogen (secondary N) is 2. The van der Waals surface area contributed by atoms with Crippen LogP contribution >= 0.6 is 24.0 Å². The minimum Gasteiger partial charge on any atom is -0.372 e. The first-order valence-corrected chi connectivity index (χ1v) is 10.6. The van der Waals surface area contributed by atoms with Crippen molar-refractivity contribution in [1.82, 2.24) is 15.5 Å². The summed E-state index contributed by atoms with van der Waals surface area (Å²) in [5.74, 6) is 0.970. The van der Waals surface area contributed by atoms with Crippen molar-refractivity contribution >= 4 is 35.8 Å². The van der Waals surface area contributed by atoms with E-state index in [9.17, 15) is 4.79 Å². The number of guanidine groups is 1. The zero-order chi connectivity index (χ0) is 21.2. The Bertz CT molecular complexity index is 844. The van der Waals surface area contributed by atoms with Gasteiger partial charge < -0.3 is 20.3 Å². The molecule has 0 aromatic heterocycles. The van der Waals surface area contributed by atoms with Gasteiger partial charge in [0, 0.05) is 39.1 Å². The first-order chi connectivity index (χ1) is 14.7. The molecule has 168 valence electrons. The van der Waals surface area contributed by atoms with Crippen LogP contribution in [-0.4, -0.2) is 42.9 Å². The van der Waals surface area contributed by atoms with E-state index in [0.29, 0.717) is 26.2 Å². The second-order valence-electron chi connectivity index (χ2n) is 7.50. The lowest BCUT2D eigenvalue weighted by atomic mass is 10.1. The van der Waals surface area contributed by atoms with Gasteiger partial charge >= 0.3 is 0 Å². The van der Waals surface area contributed by atoms with Crippen LogP contribution in [0, 0.1) is 0 Å². The van der Waals surface area contributed by atoms with Gasteiger partial charge in [0.2, 0.25) is 5.91 Å². The molecule has 2 aromatic carbocycles. The zero-order valence-corrected chi connectivity index (χ0v) is 20.7. The minimum absolute atomic E-state index is 0. The van der Waals surface area contributed by atoms with E-state index in [-0.39, 0.29) is 35.9 Å². The van der Waals surface area contributed by atoms with E-state index in [0.717, 1.165) is 31.0 Å². The van der Waals surface area contributed by atoms with Crippen molar-refractivity contribution in [1.29, 1.82) is 0 Å². The van der Waals surface area contributed by atoms with Crippen molar-refractivity contribution < 1.29 is 9.53 Å². The van der Waals surface area contributed by atoms with Gasteiger partial charge in [-0.15, -0.1) is 24.0 Å². The Morgan fingerprint density at radius 1 is 1.10 bits per heavy atom. The number of carbonyl (C=O) groups excluding carboxylic acids is 1. The van der Waals surface area contributed by atoms with Crippen molar-refractivity contribution in [3.8, 4) is 0 Å². The van der Waals surface area contributed by atoms with E-state index in [1.54, 1.807) is 7.05 Å². The highest BCUT2D eigenvalue weighted by molar-refractivity contribution is 14.0. The molecule has 31 heavy (non-hydrogen) atoms. The fourth-order valence-corrected chi connectivity index (χ4v) is 3.62. The molecule has 1 aliphatic heterocycles. The number of rotatable bonds is 8. The van der Waals surface area contributed by atoms with Crippen LogP contribution in [-0.2, 0) is 29.3 Å². The van der Waals surface area contributed by atoms with Gasteiger partial charge in [-0.2, -0.15) is 0 Å². The lowest BCUT2D eigenvalue weighted by Gasteiger charge is -2.19. The largest absolute Gasteiger partial charge is 0.372 e. The van der Waals surface area contributed by atoms with Gasteiger partial charge in [0.15, 0.2) is 5.96 Å². The first kappa shape index (κ1) is 25.1. The number of nitrogens with zero attached hydrogens (tertiary/aromatic N) is 2. The SMILES string of the molecule is CCC(=O)N1CCC(NC(=NC)NCc2ccccc2COCc2ccccc2)C1.I. The van der Waals surface area contributed by atoms with Crippen molar-refractivity contribution in [3.05, 3.63) is 71.3 Å². The smallest absolute Gasteiger partial charge is 0.222 e.